The fourth-order valence-electron chi connectivity index (χ4n) is 2.07. The quantitative estimate of drug-likeness (QED) is 0.730. The molecule has 0 fully saturated rings. The number of aryl methyl sites for hydroxylation is 2. The Hall–Kier alpha value is -2.14. The fraction of sp³-hybridized carbons (Fsp3) is 0.125. The standard InChI is InChI=1S/C16H14BrN3O/c17-13-7-5-12(6-8-13)16-19-15(21-20-16)9-4-11-2-1-3-14(18)10-11/h1-3,5-8,10H,4,9,18H2. The molecule has 21 heavy (non-hydrogen) atoms. The van der Waals surface area contributed by atoms with Gasteiger partial charge in [-0.15, -0.1) is 0 Å². The number of halogens is 1. The van der Waals surface area contributed by atoms with E-state index in [1.165, 1.54) is 5.56 Å². The van der Waals surface area contributed by atoms with Crippen molar-refractivity contribution in [3.8, 4) is 11.4 Å². The van der Waals surface area contributed by atoms with E-state index >= 15 is 0 Å². The van der Waals surface area contributed by atoms with Crippen LogP contribution in [-0.2, 0) is 12.8 Å². The normalized spacial score (nSPS) is 10.7. The first-order chi connectivity index (χ1) is 10.2. The van der Waals surface area contributed by atoms with E-state index in [1.54, 1.807) is 0 Å². The number of anilines is 1. The van der Waals surface area contributed by atoms with Gasteiger partial charge in [-0.05, 0) is 48.4 Å². The monoisotopic (exact) mass is 343 g/mol. The number of hydrogen-bond donors (Lipinski definition) is 1. The number of benzene rings is 2. The van der Waals surface area contributed by atoms with Gasteiger partial charge < -0.3 is 10.3 Å². The third-order valence-electron chi connectivity index (χ3n) is 3.15. The molecule has 2 aromatic carbocycles. The second-order valence-electron chi connectivity index (χ2n) is 4.76. The van der Waals surface area contributed by atoms with Gasteiger partial charge in [0.25, 0.3) is 0 Å². The maximum Gasteiger partial charge on any atom is 0.227 e. The first kappa shape index (κ1) is 13.8. The maximum atomic E-state index is 5.76. The third kappa shape index (κ3) is 3.49. The van der Waals surface area contributed by atoms with E-state index in [-0.39, 0.29) is 0 Å². The molecule has 0 bridgehead atoms. The van der Waals surface area contributed by atoms with Crippen LogP contribution >= 0.6 is 15.9 Å². The van der Waals surface area contributed by atoms with Gasteiger partial charge in [-0.25, -0.2) is 0 Å². The predicted octanol–water partition coefficient (Wildman–Crippen LogP) is 3.87. The van der Waals surface area contributed by atoms with Crippen molar-refractivity contribution in [2.24, 2.45) is 0 Å². The van der Waals surface area contributed by atoms with Crippen LogP contribution in [0, 0.1) is 0 Å². The lowest BCUT2D eigenvalue weighted by Gasteiger charge is -1.99. The van der Waals surface area contributed by atoms with Crippen LogP contribution in [0.5, 0.6) is 0 Å². The highest BCUT2D eigenvalue weighted by atomic mass is 79.9. The molecule has 0 atom stereocenters. The minimum absolute atomic E-state index is 0.616. The van der Waals surface area contributed by atoms with Gasteiger partial charge in [0.2, 0.25) is 11.7 Å². The van der Waals surface area contributed by atoms with E-state index in [4.69, 9.17) is 10.3 Å². The molecule has 3 aromatic rings. The van der Waals surface area contributed by atoms with Gasteiger partial charge in [-0.1, -0.05) is 33.2 Å². The summed E-state index contributed by atoms with van der Waals surface area (Å²) < 4.78 is 6.32. The lowest BCUT2D eigenvalue weighted by Crippen LogP contribution is -1.93. The Bertz CT molecular complexity index is 737. The Balaban J connectivity index is 1.69. The SMILES string of the molecule is Nc1cccc(CCc2nc(-c3ccc(Br)cc3)no2)c1. The Labute approximate surface area is 131 Å². The van der Waals surface area contributed by atoms with E-state index in [1.807, 2.05) is 48.5 Å². The van der Waals surface area contributed by atoms with Gasteiger partial charge in [0.15, 0.2) is 0 Å². The average molecular weight is 344 g/mol. The van der Waals surface area contributed by atoms with E-state index in [0.29, 0.717) is 18.1 Å². The van der Waals surface area contributed by atoms with Gasteiger partial charge >= 0.3 is 0 Å². The van der Waals surface area contributed by atoms with E-state index in [2.05, 4.69) is 26.1 Å². The number of nitrogens with two attached hydrogens (primary N) is 1. The molecule has 0 amide bonds. The predicted molar refractivity (Wildman–Crippen MR) is 85.7 cm³/mol. The number of rotatable bonds is 4. The molecular weight excluding hydrogens is 330 g/mol. The van der Waals surface area contributed by atoms with Crippen LogP contribution in [0.25, 0.3) is 11.4 Å². The molecule has 3 rings (SSSR count). The number of nitrogens with zero attached hydrogens (tertiary/aromatic N) is 2. The molecule has 0 spiro atoms. The highest BCUT2D eigenvalue weighted by Crippen LogP contribution is 2.19. The molecule has 0 aliphatic rings. The molecule has 106 valence electrons. The fourth-order valence-corrected chi connectivity index (χ4v) is 2.34. The molecule has 0 radical (unpaired) electrons. The zero-order valence-corrected chi connectivity index (χ0v) is 12.9. The Kier molecular flexibility index (Phi) is 4.01. The van der Waals surface area contributed by atoms with Crippen molar-refractivity contribution in [2.75, 3.05) is 5.73 Å². The van der Waals surface area contributed by atoms with E-state index in [9.17, 15) is 0 Å². The molecule has 1 heterocycles. The molecular formula is C16H14BrN3O. The highest BCUT2D eigenvalue weighted by Gasteiger charge is 2.08. The summed E-state index contributed by atoms with van der Waals surface area (Å²) in [5.74, 6) is 1.25. The largest absolute Gasteiger partial charge is 0.399 e. The lowest BCUT2D eigenvalue weighted by molar-refractivity contribution is 0.379. The van der Waals surface area contributed by atoms with E-state index < -0.39 is 0 Å². The van der Waals surface area contributed by atoms with E-state index in [0.717, 1.165) is 22.1 Å². The summed E-state index contributed by atoms with van der Waals surface area (Å²) in [5, 5.41) is 4.02. The van der Waals surface area contributed by atoms with Crippen molar-refractivity contribution in [2.45, 2.75) is 12.8 Å². The first-order valence-corrected chi connectivity index (χ1v) is 7.43. The smallest absolute Gasteiger partial charge is 0.227 e. The summed E-state index contributed by atoms with van der Waals surface area (Å²) in [5.41, 5.74) is 8.64. The van der Waals surface area contributed by atoms with Gasteiger partial charge in [0.05, 0.1) is 0 Å². The topological polar surface area (TPSA) is 64.9 Å². The second-order valence-corrected chi connectivity index (χ2v) is 5.68. The Morgan fingerprint density at radius 3 is 2.62 bits per heavy atom. The van der Waals surface area contributed by atoms with Crippen LogP contribution < -0.4 is 5.73 Å². The van der Waals surface area contributed by atoms with Crippen molar-refractivity contribution >= 4 is 21.6 Å². The summed E-state index contributed by atoms with van der Waals surface area (Å²) in [6, 6.07) is 15.7. The number of hydrogen-bond acceptors (Lipinski definition) is 4. The van der Waals surface area contributed by atoms with Crippen molar-refractivity contribution in [1.29, 1.82) is 0 Å². The van der Waals surface area contributed by atoms with Crippen molar-refractivity contribution < 1.29 is 4.52 Å². The highest BCUT2D eigenvalue weighted by molar-refractivity contribution is 9.10. The van der Waals surface area contributed by atoms with Gasteiger partial charge in [0, 0.05) is 22.1 Å². The van der Waals surface area contributed by atoms with Gasteiger partial charge in [0.1, 0.15) is 0 Å². The van der Waals surface area contributed by atoms with Crippen molar-refractivity contribution in [3.63, 3.8) is 0 Å². The molecule has 0 unspecified atom stereocenters. The summed E-state index contributed by atoms with van der Waals surface area (Å²) in [4.78, 5) is 4.42. The third-order valence-corrected chi connectivity index (χ3v) is 3.68. The van der Waals surface area contributed by atoms with Crippen molar-refractivity contribution in [1.82, 2.24) is 10.1 Å². The molecule has 5 heteroatoms. The minimum atomic E-state index is 0.616. The zero-order valence-electron chi connectivity index (χ0n) is 11.3. The summed E-state index contributed by atoms with van der Waals surface area (Å²) >= 11 is 3.41. The molecule has 0 saturated heterocycles. The van der Waals surface area contributed by atoms with Crippen LogP contribution in [0.1, 0.15) is 11.5 Å². The Morgan fingerprint density at radius 2 is 1.86 bits per heavy atom. The Morgan fingerprint density at radius 1 is 1.05 bits per heavy atom. The average Bonchev–Trinajstić information content (AvgIpc) is 2.95. The first-order valence-electron chi connectivity index (χ1n) is 6.64. The lowest BCUT2D eigenvalue weighted by atomic mass is 10.1. The van der Waals surface area contributed by atoms with Crippen LogP contribution in [0.4, 0.5) is 5.69 Å². The molecule has 0 aliphatic carbocycles. The van der Waals surface area contributed by atoms with Gasteiger partial charge in [-0.2, -0.15) is 4.98 Å². The van der Waals surface area contributed by atoms with Crippen LogP contribution in [-0.4, -0.2) is 10.1 Å². The molecule has 1 aromatic heterocycles. The summed E-state index contributed by atoms with van der Waals surface area (Å²) in [6.07, 6.45) is 1.53. The maximum absolute atomic E-state index is 5.76. The zero-order chi connectivity index (χ0) is 14.7. The summed E-state index contributed by atoms with van der Waals surface area (Å²) in [7, 11) is 0. The minimum Gasteiger partial charge on any atom is -0.399 e. The van der Waals surface area contributed by atoms with Crippen molar-refractivity contribution in [3.05, 3.63) is 64.5 Å². The molecule has 0 aliphatic heterocycles. The molecule has 4 nitrogen and oxygen atoms in total. The van der Waals surface area contributed by atoms with Crippen LogP contribution in [0.2, 0.25) is 0 Å². The number of nitrogen functional groups attached to an aromatic ring is 1. The van der Waals surface area contributed by atoms with Crippen LogP contribution in [0.3, 0.4) is 0 Å². The van der Waals surface area contributed by atoms with Gasteiger partial charge in [-0.3, -0.25) is 0 Å². The molecule has 2 N–H and O–H groups in total. The summed E-state index contributed by atoms with van der Waals surface area (Å²) in [6.45, 7) is 0. The molecule has 0 saturated carbocycles. The number of aromatic nitrogens is 2. The second kappa shape index (κ2) is 6.10. The van der Waals surface area contributed by atoms with Crippen LogP contribution in [0.15, 0.2) is 57.5 Å².